The number of hydrogen-bond donors (Lipinski definition) is 0. The van der Waals surface area contributed by atoms with Crippen molar-refractivity contribution in [1.29, 1.82) is 0 Å². The summed E-state index contributed by atoms with van der Waals surface area (Å²) in [6.07, 6.45) is 1.04. The summed E-state index contributed by atoms with van der Waals surface area (Å²) in [5.74, 6) is -0.399. The van der Waals surface area contributed by atoms with Gasteiger partial charge in [0, 0.05) is 12.0 Å². The van der Waals surface area contributed by atoms with Gasteiger partial charge in [-0.05, 0) is 12.0 Å². The van der Waals surface area contributed by atoms with Crippen LogP contribution in [0.15, 0.2) is 24.3 Å². The van der Waals surface area contributed by atoms with Gasteiger partial charge in [-0.2, -0.15) is 0 Å². The molecule has 1 aliphatic heterocycles. The van der Waals surface area contributed by atoms with Crippen LogP contribution in [0.1, 0.15) is 22.3 Å². The fourth-order valence-corrected chi connectivity index (χ4v) is 2.48. The summed E-state index contributed by atoms with van der Waals surface area (Å²) in [6, 6.07) is 7.42. The second-order valence-corrected chi connectivity index (χ2v) is 4.13. The van der Waals surface area contributed by atoms with Crippen molar-refractivity contribution in [3.8, 4) is 0 Å². The van der Waals surface area contributed by atoms with Gasteiger partial charge < -0.3 is 4.74 Å². The fourth-order valence-electron chi connectivity index (χ4n) is 2.48. The van der Waals surface area contributed by atoms with Crippen molar-refractivity contribution in [2.24, 2.45) is 5.41 Å². The van der Waals surface area contributed by atoms with Gasteiger partial charge in [0.1, 0.15) is 5.41 Å². The Morgan fingerprint density at radius 2 is 2.00 bits per heavy atom. The molecule has 1 aromatic rings. The van der Waals surface area contributed by atoms with Crippen molar-refractivity contribution in [2.75, 3.05) is 6.61 Å². The summed E-state index contributed by atoms with van der Waals surface area (Å²) in [6.45, 7) is 0.374. The van der Waals surface area contributed by atoms with Crippen molar-refractivity contribution in [1.82, 2.24) is 0 Å². The monoisotopic (exact) mass is 202 g/mol. The van der Waals surface area contributed by atoms with Gasteiger partial charge in [0.05, 0.1) is 6.61 Å². The molecule has 1 aliphatic carbocycles. The number of hydrogen-bond acceptors (Lipinski definition) is 3. The van der Waals surface area contributed by atoms with E-state index in [9.17, 15) is 9.59 Å². The van der Waals surface area contributed by atoms with E-state index in [1.807, 2.05) is 18.2 Å². The van der Waals surface area contributed by atoms with Gasteiger partial charge in [0.25, 0.3) is 0 Å². The average Bonchev–Trinajstić information content (AvgIpc) is 2.74. The molecule has 0 N–H and O–H groups in total. The molecule has 3 rings (SSSR count). The van der Waals surface area contributed by atoms with Crippen molar-refractivity contribution >= 4 is 11.8 Å². The number of ketones is 1. The van der Waals surface area contributed by atoms with Crippen LogP contribution in [0.4, 0.5) is 0 Å². The van der Waals surface area contributed by atoms with Crippen molar-refractivity contribution in [3.63, 3.8) is 0 Å². The number of carbonyl (C=O) groups excluding carboxylic acids is 2. The van der Waals surface area contributed by atoms with E-state index in [4.69, 9.17) is 4.74 Å². The molecule has 1 atom stereocenters. The van der Waals surface area contributed by atoms with Crippen LogP contribution in [0, 0.1) is 5.41 Å². The minimum Gasteiger partial charge on any atom is -0.465 e. The molecular weight excluding hydrogens is 192 g/mol. The standard InChI is InChI=1S/C12H10O3/c13-10-9-4-2-1-3-8(9)7-12(10)5-6-15-11(12)14/h1-4H,5-7H2/t12-/m1/s1. The van der Waals surface area contributed by atoms with E-state index in [1.54, 1.807) is 6.07 Å². The number of esters is 1. The van der Waals surface area contributed by atoms with Crippen LogP contribution in [-0.2, 0) is 16.0 Å². The third kappa shape index (κ3) is 0.950. The molecular formula is C12H10O3. The Balaban J connectivity index is 2.14. The van der Waals surface area contributed by atoms with Crippen LogP contribution in [0.3, 0.4) is 0 Å². The van der Waals surface area contributed by atoms with Crippen molar-refractivity contribution < 1.29 is 14.3 Å². The van der Waals surface area contributed by atoms with Gasteiger partial charge in [0.15, 0.2) is 5.78 Å². The van der Waals surface area contributed by atoms with Crippen LogP contribution in [0.25, 0.3) is 0 Å². The maximum absolute atomic E-state index is 12.1. The molecule has 0 unspecified atom stereocenters. The number of carbonyl (C=O) groups is 2. The molecule has 0 aromatic heterocycles. The summed E-state index contributed by atoms with van der Waals surface area (Å²) in [4.78, 5) is 23.8. The number of Topliss-reactive ketones (excluding diaryl/α,β-unsaturated/α-hetero) is 1. The molecule has 1 aromatic carbocycles. The van der Waals surface area contributed by atoms with Crippen molar-refractivity contribution in [2.45, 2.75) is 12.8 Å². The number of benzene rings is 1. The largest absolute Gasteiger partial charge is 0.465 e. The first-order valence-corrected chi connectivity index (χ1v) is 5.04. The van der Waals surface area contributed by atoms with E-state index in [0.717, 1.165) is 5.56 Å². The molecule has 3 nitrogen and oxygen atoms in total. The predicted octanol–water partition coefficient (Wildman–Crippen LogP) is 1.36. The van der Waals surface area contributed by atoms with Crippen LogP contribution in [0.2, 0.25) is 0 Å². The highest BCUT2D eigenvalue weighted by Crippen LogP contribution is 2.43. The number of fused-ring (bicyclic) bond motifs is 1. The minimum absolute atomic E-state index is 0.0550. The van der Waals surface area contributed by atoms with E-state index >= 15 is 0 Å². The third-order valence-electron chi connectivity index (χ3n) is 3.34. The molecule has 2 aliphatic rings. The first kappa shape index (κ1) is 8.65. The van der Waals surface area contributed by atoms with Gasteiger partial charge in [0.2, 0.25) is 0 Å². The van der Waals surface area contributed by atoms with Gasteiger partial charge >= 0.3 is 5.97 Å². The van der Waals surface area contributed by atoms with Gasteiger partial charge in [-0.15, -0.1) is 0 Å². The maximum atomic E-state index is 12.1. The van der Waals surface area contributed by atoms with Crippen LogP contribution >= 0.6 is 0 Å². The second-order valence-electron chi connectivity index (χ2n) is 4.13. The molecule has 0 amide bonds. The Kier molecular flexibility index (Phi) is 1.55. The Bertz CT molecular complexity index is 464. The Morgan fingerprint density at radius 3 is 2.67 bits per heavy atom. The smallest absolute Gasteiger partial charge is 0.320 e. The van der Waals surface area contributed by atoms with E-state index < -0.39 is 5.41 Å². The fraction of sp³-hybridized carbons (Fsp3) is 0.333. The first-order chi connectivity index (χ1) is 7.24. The zero-order valence-corrected chi connectivity index (χ0v) is 8.16. The summed E-state index contributed by atoms with van der Waals surface area (Å²) in [5, 5.41) is 0. The quantitative estimate of drug-likeness (QED) is 0.471. The first-order valence-electron chi connectivity index (χ1n) is 5.04. The van der Waals surface area contributed by atoms with Crippen LogP contribution in [0.5, 0.6) is 0 Å². The highest BCUT2D eigenvalue weighted by molar-refractivity contribution is 6.16. The lowest BCUT2D eigenvalue weighted by Gasteiger charge is -2.14. The molecule has 0 radical (unpaired) electrons. The highest BCUT2D eigenvalue weighted by atomic mass is 16.5. The minimum atomic E-state index is -0.885. The number of cyclic esters (lactones) is 1. The van der Waals surface area contributed by atoms with Crippen LogP contribution in [-0.4, -0.2) is 18.4 Å². The summed E-state index contributed by atoms with van der Waals surface area (Å²) in [5.41, 5.74) is 0.779. The van der Waals surface area contributed by atoms with E-state index in [-0.39, 0.29) is 11.8 Å². The molecule has 1 fully saturated rings. The summed E-state index contributed by atoms with van der Waals surface area (Å²) < 4.78 is 4.93. The highest BCUT2D eigenvalue weighted by Gasteiger charge is 2.55. The van der Waals surface area contributed by atoms with Gasteiger partial charge in [-0.3, -0.25) is 9.59 Å². The molecule has 1 saturated heterocycles. The van der Waals surface area contributed by atoms with Gasteiger partial charge in [-0.25, -0.2) is 0 Å². The van der Waals surface area contributed by atoms with Crippen LogP contribution < -0.4 is 0 Å². The molecule has 0 saturated carbocycles. The molecule has 0 bridgehead atoms. The number of rotatable bonds is 0. The Hall–Kier alpha value is -1.64. The normalized spacial score (nSPS) is 28.3. The predicted molar refractivity (Wildman–Crippen MR) is 52.5 cm³/mol. The molecule has 3 heteroatoms. The lowest BCUT2D eigenvalue weighted by atomic mass is 9.82. The lowest BCUT2D eigenvalue weighted by molar-refractivity contribution is -0.143. The SMILES string of the molecule is O=C1OCC[C@]12Cc1ccccc1C2=O. The number of ether oxygens (including phenoxy) is 1. The molecule has 15 heavy (non-hydrogen) atoms. The molecule has 1 heterocycles. The van der Waals surface area contributed by atoms with Gasteiger partial charge in [-0.1, -0.05) is 24.3 Å². The zero-order valence-electron chi connectivity index (χ0n) is 8.16. The summed E-state index contributed by atoms with van der Waals surface area (Å²) >= 11 is 0. The zero-order chi connectivity index (χ0) is 10.5. The van der Waals surface area contributed by atoms with E-state index in [2.05, 4.69) is 0 Å². The Morgan fingerprint density at radius 1 is 1.20 bits per heavy atom. The summed E-state index contributed by atoms with van der Waals surface area (Å²) in [7, 11) is 0. The Labute approximate surface area is 87.0 Å². The second kappa shape index (κ2) is 2.69. The average molecular weight is 202 g/mol. The topological polar surface area (TPSA) is 43.4 Å². The third-order valence-corrected chi connectivity index (χ3v) is 3.34. The lowest BCUT2D eigenvalue weighted by Crippen LogP contribution is -2.32. The maximum Gasteiger partial charge on any atom is 0.320 e. The molecule has 76 valence electrons. The van der Waals surface area contributed by atoms with Crippen molar-refractivity contribution in [3.05, 3.63) is 35.4 Å². The van der Waals surface area contributed by atoms with E-state index in [1.165, 1.54) is 0 Å². The molecule has 1 spiro atoms. The van der Waals surface area contributed by atoms with E-state index in [0.29, 0.717) is 25.0 Å².